The second-order valence-electron chi connectivity index (χ2n) is 6.59. The largest absolute Gasteiger partial charge is 0.395 e. The number of Topliss-reactive ketones (excluding diaryl/α,β-unsaturated/α-hetero) is 1. The van der Waals surface area contributed by atoms with Crippen LogP contribution in [0.25, 0.3) is 0 Å². The van der Waals surface area contributed by atoms with Crippen LogP contribution in [0.5, 0.6) is 0 Å². The lowest BCUT2D eigenvalue weighted by molar-refractivity contribution is 0.0516. The number of β-amino-alcohol motifs (C(OH)–C–C–N with tert-alkyl or cyclic N) is 2. The zero-order valence-electron chi connectivity index (χ0n) is 15.2. The fraction of sp³-hybridized carbons (Fsp3) is 0.333. The highest BCUT2D eigenvalue weighted by atomic mass is 16.3. The van der Waals surface area contributed by atoms with Crippen LogP contribution >= 0.6 is 0 Å². The highest BCUT2D eigenvalue weighted by Crippen LogP contribution is 2.21. The maximum Gasteiger partial charge on any atom is 0.193 e. The van der Waals surface area contributed by atoms with Crippen molar-refractivity contribution in [1.82, 2.24) is 4.90 Å². The summed E-state index contributed by atoms with van der Waals surface area (Å²) in [7, 11) is 0. The Morgan fingerprint density at radius 1 is 0.808 bits per heavy atom. The Morgan fingerprint density at radius 3 is 1.77 bits per heavy atom. The average Bonchev–Trinajstić information content (AvgIpc) is 2.67. The smallest absolute Gasteiger partial charge is 0.193 e. The maximum absolute atomic E-state index is 12.9. The second kappa shape index (κ2) is 8.85. The fourth-order valence-electron chi connectivity index (χ4n) is 2.94. The number of hydrogen-bond acceptors (Lipinski definition) is 5. The summed E-state index contributed by atoms with van der Waals surface area (Å²) < 4.78 is 0. The molecular weight excluding hydrogens is 330 g/mol. The first-order valence-corrected chi connectivity index (χ1v) is 8.63. The Labute approximate surface area is 153 Å². The number of ketones is 2. The van der Waals surface area contributed by atoms with E-state index >= 15 is 0 Å². The van der Waals surface area contributed by atoms with Crippen molar-refractivity contribution in [2.45, 2.75) is 19.4 Å². The van der Waals surface area contributed by atoms with E-state index in [-0.39, 0.29) is 24.8 Å². The molecule has 5 heteroatoms. The zero-order valence-corrected chi connectivity index (χ0v) is 15.2. The van der Waals surface area contributed by atoms with Crippen LogP contribution < -0.4 is 0 Å². The van der Waals surface area contributed by atoms with E-state index in [1.807, 2.05) is 18.2 Å². The van der Waals surface area contributed by atoms with Crippen molar-refractivity contribution in [1.29, 1.82) is 0 Å². The third-order valence-electron chi connectivity index (χ3n) is 4.53. The summed E-state index contributed by atoms with van der Waals surface area (Å²) in [5.74, 6) is -0.218. The summed E-state index contributed by atoms with van der Waals surface area (Å²) in [5.41, 5.74) is 0.730. The van der Waals surface area contributed by atoms with Gasteiger partial charge in [0.2, 0.25) is 0 Å². The zero-order chi connectivity index (χ0) is 19.2. The lowest BCUT2D eigenvalue weighted by atomic mass is 9.90. The van der Waals surface area contributed by atoms with Crippen LogP contribution in [-0.2, 0) is 0 Å². The van der Waals surface area contributed by atoms with Crippen LogP contribution in [0.3, 0.4) is 0 Å². The van der Waals surface area contributed by atoms with Crippen molar-refractivity contribution in [2.75, 3.05) is 26.3 Å². The molecule has 5 nitrogen and oxygen atoms in total. The van der Waals surface area contributed by atoms with Crippen LogP contribution in [-0.4, -0.2) is 58.5 Å². The molecule has 2 aromatic carbocycles. The third-order valence-corrected chi connectivity index (χ3v) is 4.53. The molecule has 0 saturated carbocycles. The molecule has 0 amide bonds. The minimum absolute atomic E-state index is 0.0916. The summed E-state index contributed by atoms with van der Waals surface area (Å²) in [5, 5.41) is 18.4. The first kappa shape index (κ1) is 20.0. The van der Waals surface area contributed by atoms with Crippen LogP contribution in [0.1, 0.15) is 40.1 Å². The fourth-order valence-corrected chi connectivity index (χ4v) is 2.94. The monoisotopic (exact) mass is 355 g/mol. The van der Waals surface area contributed by atoms with E-state index in [0.717, 1.165) is 0 Å². The molecule has 0 aliphatic carbocycles. The van der Waals surface area contributed by atoms with E-state index in [9.17, 15) is 19.8 Å². The van der Waals surface area contributed by atoms with Crippen LogP contribution in [0.2, 0.25) is 0 Å². The number of carbonyl (C=O) groups is 2. The van der Waals surface area contributed by atoms with Crippen LogP contribution in [0.4, 0.5) is 0 Å². The highest BCUT2D eigenvalue weighted by Gasteiger charge is 2.34. The number of rotatable bonds is 9. The van der Waals surface area contributed by atoms with Gasteiger partial charge in [0.15, 0.2) is 11.6 Å². The molecule has 0 aromatic heterocycles. The first-order chi connectivity index (χ1) is 12.4. The number of aliphatic hydroxyl groups is 2. The quantitative estimate of drug-likeness (QED) is 0.674. The summed E-state index contributed by atoms with van der Waals surface area (Å²) in [6.45, 7) is 3.93. The molecule has 0 radical (unpaired) electrons. The van der Waals surface area contributed by atoms with E-state index in [4.69, 9.17) is 0 Å². The van der Waals surface area contributed by atoms with Crippen molar-refractivity contribution in [3.8, 4) is 0 Å². The van der Waals surface area contributed by atoms with Gasteiger partial charge in [-0.15, -0.1) is 0 Å². The van der Waals surface area contributed by atoms with Crippen LogP contribution in [0, 0.1) is 0 Å². The van der Waals surface area contributed by atoms with Gasteiger partial charge < -0.3 is 10.2 Å². The molecule has 0 saturated heterocycles. The Kier molecular flexibility index (Phi) is 6.80. The molecule has 0 unspecified atom stereocenters. The first-order valence-electron chi connectivity index (χ1n) is 8.63. The minimum atomic E-state index is -0.879. The van der Waals surface area contributed by atoms with E-state index in [1.165, 1.54) is 0 Å². The van der Waals surface area contributed by atoms with Gasteiger partial charge in [-0.3, -0.25) is 14.5 Å². The summed E-state index contributed by atoms with van der Waals surface area (Å²) in [6, 6.07) is 15.6. The third kappa shape index (κ3) is 4.43. The molecule has 0 bridgehead atoms. The number of hydrogen-bond donors (Lipinski definition) is 2. The highest BCUT2D eigenvalue weighted by molar-refractivity contribution is 6.10. The topological polar surface area (TPSA) is 77.8 Å². The molecule has 138 valence electrons. The molecule has 2 N–H and O–H groups in total. The molecule has 0 heterocycles. The van der Waals surface area contributed by atoms with Gasteiger partial charge in [0.05, 0.1) is 18.8 Å². The SMILES string of the molecule is CC(C)(C(=O)c1ccc(C(=O)c2ccccc2)cc1)N(CCO)CCO. The lowest BCUT2D eigenvalue weighted by Crippen LogP contribution is -2.52. The van der Waals surface area contributed by atoms with Gasteiger partial charge in [-0.2, -0.15) is 0 Å². The van der Waals surface area contributed by atoms with Crippen molar-refractivity contribution in [2.24, 2.45) is 0 Å². The number of benzene rings is 2. The Balaban J connectivity index is 2.21. The van der Waals surface area contributed by atoms with Gasteiger partial charge in [-0.05, 0) is 13.8 Å². The average molecular weight is 355 g/mol. The molecule has 0 atom stereocenters. The Morgan fingerprint density at radius 2 is 1.27 bits per heavy atom. The lowest BCUT2D eigenvalue weighted by Gasteiger charge is -2.36. The summed E-state index contributed by atoms with van der Waals surface area (Å²) >= 11 is 0. The van der Waals surface area contributed by atoms with Gasteiger partial charge in [0, 0.05) is 29.8 Å². The van der Waals surface area contributed by atoms with Crippen molar-refractivity contribution in [3.63, 3.8) is 0 Å². The molecule has 2 aromatic rings. The van der Waals surface area contributed by atoms with E-state index in [2.05, 4.69) is 0 Å². The van der Waals surface area contributed by atoms with Gasteiger partial charge in [-0.25, -0.2) is 0 Å². The van der Waals surface area contributed by atoms with Crippen molar-refractivity contribution >= 4 is 11.6 Å². The van der Waals surface area contributed by atoms with Crippen molar-refractivity contribution in [3.05, 3.63) is 71.3 Å². The van der Waals surface area contributed by atoms with Gasteiger partial charge in [0.1, 0.15) is 0 Å². The predicted octanol–water partition coefficient (Wildman–Crippen LogP) is 2.17. The molecule has 26 heavy (non-hydrogen) atoms. The molecule has 0 aliphatic heterocycles. The maximum atomic E-state index is 12.9. The molecule has 0 spiro atoms. The summed E-state index contributed by atoms with van der Waals surface area (Å²) in [6.07, 6.45) is 0. The molecular formula is C21H25NO4. The van der Waals surface area contributed by atoms with E-state index < -0.39 is 5.54 Å². The van der Waals surface area contributed by atoms with E-state index in [0.29, 0.717) is 29.8 Å². The number of carbonyl (C=O) groups excluding carboxylic acids is 2. The minimum Gasteiger partial charge on any atom is -0.395 e. The summed E-state index contributed by atoms with van der Waals surface area (Å²) in [4.78, 5) is 27.1. The standard InChI is InChI=1S/C21H25NO4/c1-21(2,22(12-14-23)13-15-24)20(26)18-10-8-17(9-11-18)19(25)16-6-4-3-5-7-16/h3-11,23-24H,12-15H2,1-2H3. The molecule has 0 aliphatic rings. The number of nitrogens with zero attached hydrogens (tertiary/aromatic N) is 1. The number of aliphatic hydroxyl groups excluding tert-OH is 2. The van der Waals surface area contributed by atoms with E-state index in [1.54, 1.807) is 55.1 Å². The molecule has 0 fully saturated rings. The Hall–Kier alpha value is -2.34. The van der Waals surface area contributed by atoms with Gasteiger partial charge in [-0.1, -0.05) is 54.6 Å². The second-order valence-corrected chi connectivity index (χ2v) is 6.59. The predicted molar refractivity (Wildman–Crippen MR) is 100 cm³/mol. The molecule has 2 rings (SSSR count). The normalized spacial score (nSPS) is 11.6. The Bertz CT molecular complexity index is 732. The van der Waals surface area contributed by atoms with Crippen LogP contribution in [0.15, 0.2) is 54.6 Å². The van der Waals surface area contributed by atoms with Gasteiger partial charge in [0.25, 0.3) is 0 Å². The van der Waals surface area contributed by atoms with Crippen molar-refractivity contribution < 1.29 is 19.8 Å². The van der Waals surface area contributed by atoms with Gasteiger partial charge >= 0.3 is 0 Å².